The van der Waals surface area contributed by atoms with E-state index >= 15 is 0 Å². The van der Waals surface area contributed by atoms with Crippen molar-refractivity contribution >= 4 is 11.9 Å². The number of carbonyl (C=O) groups excluding carboxylic acids is 1. The first-order chi connectivity index (χ1) is 7.31. The molecule has 1 atom stereocenters. The van der Waals surface area contributed by atoms with Gasteiger partial charge in [-0.25, -0.2) is 4.79 Å². The monoisotopic (exact) mass is 230 g/mol. The number of hydrogen-bond acceptors (Lipinski definition) is 4. The zero-order valence-corrected chi connectivity index (χ0v) is 9.91. The van der Waals surface area contributed by atoms with Crippen molar-refractivity contribution in [3.05, 3.63) is 0 Å². The Hall–Kier alpha value is -1.10. The number of carboxylic acid groups (broad SMARTS) is 1. The van der Waals surface area contributed by atoms with Crippen LogP contribution in [0.1, 0.15) is 39.5 Å². The van der Waals surface area contributed by atoms with Gasteiger partial charge < -0.3 is 14.6 Å². The molecule has 1 aliphatic rings. The Morgan fingerprint density at radius 1 is 1.38 bits per heavy atom. The van der Waals surface area contributed by atoms with E-state index in [2.05, 4.69) is 4.74 Å². The predicted molar refractivity (Wildman–Crippen MR) is 56.0 cm³/mol. The summed E-state index contributed by atoms with van der Waals surface area (Å²) in [4.78, 5) is 22.5. The molecule has 0 radical (unpaired) electrons. The minimum absolute atomic E-state index is 0.234. The maximum atomic E-state index is 11.3. The first-order valence-corrected chi connectivity index (χ1v) is 5.32. The second-order valence-corrected chi connectivity index (χ2v) is 4.77. The van der Waals surface area contributed by atoms with Crippen LogP contribution >= 0.6 is 0 Å². The molecule has 0 amide bonds. The van der Waals surface area contributed by atoms with Crippen molar-refractivity contribution < 1.29 is 24.2 Å². The van der Waals surface area contributed by atoms with Gasteiger partial charge in [0, 0.05) is 0 Å². The van der Waals surface area contributed by atoms with Gasteiger partial charge in [0.05, 0.1) is 19.1 Å². The van der Waals surface area contributed by atoms with Crippen LogP contribution in [0.5, 0.6) is 0 Å². The minimum Gasteiger partial charge on any atom is -0.479 e. The number of aliphatic carboxylic acids is 1. The molecule has 0 saturated carbocycles. The molecule has 1 N–H and O–H groups in total. The molecule has 0 aromatic rings. The van der Waals surface area contributed by atoms with Crippen LogP contribution in [0.4, 0.5) is 0 Å². The van der Waals surface area contributed by atoms with Crippen molar-refractivity contribution in [3.63, 3.8) is 0 Å². The van der Waals surface area contributed by atoms with Gasteiger partial charge >= 0.3 is 11.9 Å². The predicted octanol–water partition coefficient (Wildman–Crippen LogP) is 1.35. The average Bonchev–Trinajstić information content (AvgIpc) is 2.15. The van der Waals surface area contributed by atoms with Crippen molar-refractivity contribution in [2.75, 3.05) is 7.11 Å². The smallest absolute Gasteiger partial charge is 0.336 e. The van der Waals surface area contributed by atoms with Crippen LogP contribution in [0.2, 0.25) is 0 Å². The molecule has 1 aliphatic heterocycles. The summed E-state index contributed by atoms with van der Waals surface area (Å²) < 4.78 is 10.1. The van der Waals surface area contributed by atoms with E-state index in [0.29, 0.717) is 6.42 Å². The van der Waals surface area contributed by atoms with Crippen molar-refractivity contribution in [3.8, 4) is 0 Å². The molecule has 0 spiro atoms. The maximum absolute atomic E-state index is 11.3. The number of hydrogen-bond donors (Lipinski definition) is 1. The van der Waals surface area contributed by atoms with Gasteiger partial charge in [-0.2, -0.15) is 0 Å². The second-order valence-electron chi connectivity index (χ2n) is 4.77. The number of rotatable bonds is 3. The van der Waals surface area contributed by atoms with Gasteiger partial charge in [0.1, 0.15) is 0 Å². The van der Waals surface area contributed by atoms with Crippen molar-refractivity contribution in [2.24, 2.45) is 0 Å². The van der Waals surface area contributed by atoms with E-state index in [4.69, 9.17) is 4.74 Å². The minimum atomic E-state index is -1.42. The molecule has 5 nitrogen and oxygen atoms in total. The van der Waals surface area contributed by atoms with Gasteiger partial charge in [-0.1, -0.05) is 0 Å². The molecule has 5 heteroatoms. The Bertz CT molecular complexity index is 297. The summed E-state index contributed by atoms with van der Waals surface area (Å²) in [5.41, 5.74) is -1.93. The average molecular weight is 230 g/mol. The first-order valence-electron chi connectivity index (χ1n) is 5.32. The van der Waals surface area contributed by atoms with Crippen LogP contribution in [-0.4, -0.2) is 35.4 Å². The van der Waals surface area contributed by atoms with Crippen molar-refractivity contribution in [1.29, 1.82) is 0 Å². The second kappa shape index (κ2) is 4.41. The van der Waals surface area contributed by atoms with Crippen molar-refractivity contribution in [1.82, 2.24) is 0 Å². The van der Waals surface area contributed by atoms with Gasteiger partial charge in [0.25, 0.3) is 0 Å². The fourth-order valence-corrected chi connectivity index (χ4v) is 2.09. The third-order valence-corrected chi connectivity index (χ3v) is 2.88. The lowest BCUT2D eigenvalue weighted by Crippen LogP contribution is -2.52. The highest BCUT2D eigenvalue weighted by molar-refractivity contribution is 5.84. The van der Waals surface area contributed by atoms with E-state index < -0.39 is 23.1 Å². The molecule has 0 aromatic heterocycles. The highest BCUT2D eigenvalue weighted by Crippen LogP contribution is 2.37. The summed E-state index contributed by atoms with van der Waals surface area (Å²) >= 11 is 0. The molecule has 1 saturated heterocycles. The van der Waals surface area contributed by atoms with Gasteiger partial charge in [-0.3, -0.25) is 4.79 Å². The van der Waals surface area contributed by atoms with Crippen LogP contribution in [0.25, 0.3) is 0 Å². The molecule has 1 fully saturated rings. The van der Waals surface area contributed by atoms with Gasteiger partial charge in [0.15, 0.2) is 5.60 Å². The van der Waals surface area contributed by atoms with Crippen LogP contribution in [0.3, 0.4) is 0 Å². The van der Waals surface area contributed by atoms with Crippen molar-refractivity contribution in [2.45, 2.75) is 50.7 Å². The standard InChI is InChI=1S/C11H18O5/c1-10(2)5-4-6-11(16-10,9(13)14)7-8(12)15-3/h4-7H2,1-3H3,(H,13,14)/t11-/m1/s1. The Kier molecular flexibility index (Phi) is 3.57. The number of esters is 1. The Morgan fingerprint density at radius 3 is 2.44 bits per heavy atom. The summed E-state index contributed by atoms with van der Waals surface area (Å²) in [5, 5.41) is 9.23. The summed E-state index contributed by atoms with van der Waals surface area (Å²) in [5.74, 6) is -1.65. The zero-order valence-electron chi connectivity index (χ0n) is 9.91. The highest BCUT2D eigenvalue weighted by atomic mass is 16.6. The third-order valence-electron chi connectivity index (χ3n) is 2.88. The van der Waals surface area contributed by atoms with E-state index in [9.17, 15) is 14.7 Å². The summed E-state index contributed by atoms with van der Waals surface area (Å²) in [6.45, 7) is 3.67. The van der Waals surface area contributed by atoms with E-state index in [-0.39, 0.29) is 6.42 Å². The molecule has 0 unspecified atom stereocenters. The normalized spacial score (nSPS) is 28.4. The van der Waals surface area contributed by atoms with E-state index in [1.807, 2.05) is 13.8 Å². The lowest BCUT2D eigenvalue weighted by atomic mass is 9.84. The molecule has 0 aromatic carbocycles. The van der Waals surface area contributed by atoms with Crippen LogP contribution < -0.4 is 0 Å². The number of carboxylic acids is 1. The Labute approximate surface area is 94.7 Å². The van der Waals surface area contributed by atoms with Gasteiger partial charge in [-0.15, -0.1) is 0 Å². The first kappa shape index (κ1) is 13.0. The van der Waals surface area contributed by atoms with Gasteiger partial charge in [0.2, 0.25) is 0 Å². The molecule has 92 valence electrons. The summed E-state index contributed by atoms with van der Waals surface area (Å²) in [7, 11) is 1.24. The molecule has 1 rings (SSSR count). The number of carbonyl (C=O) groups is 2. The van der Waals surface area contributed by atoms with Crippen LogP contribution in [0.15, 0.2) is 0 Å². The SMILES string of the molecule is COC(=O)C[C@@]1(C(=O)O)CCCC(C)(C)O1. The third kappa shape index (κ3) is 2.72. The fourth-order valence-electron chi connectivity index (χ4n) is 2.09. The van der Waals surface area contributed by atoms with Gasteiger partial charge in [-0.05, 0) is 33.1 Å². The molecular weight excluding hydrogens is 212 g/mol. The molecule has 1 heterocycles. The lowest BCUT2D eigenvalue weighted by Gasteiger charge is -2.42. The number of ether oxygens (including phenoxy) is 2. The van der Waals surface area contributed by atoms with E-state index in [0.717, 1.165) is 12.8 Å². The molecule has 0 aliphatic carbocycles. The fraction of sp³-hybridized carbons (Fsp3) is 0.818. The largest absolute Gasteiger partial charge is 0.479 e. The quantitative estimate of drug-likeness (QED) is 0.741. The highest BCUT2D eigenvalue weighted by Gasteiger charge is 2.48. The molecular formula is C11H18O5. The zero-order chi connectivity index (χ0) is 12.4. The van der Waals surface area contributed by atoms with Crippen LogP contribution in [-0.2, 0) is 19.1 Å². The van der Waals surface area contributed by atoms with E-state index in [1.54, 1.807) is 0 Å². The van der Waals surface area contributed by atoms with E-state index in [1.165, 1.54) is 7.11 Å². The summed E-state index contributed by atoms with van der Waals surface area (Å²) in [6.07, 6.45) is 1.64. The lowest BCUT2D eigenvalue weighted by molar-refractivity contribution is -0.207. The molecule has 16 heavy (non-hydrogen) atoms. The maximum Gasteiger partial charge on any atom is 0.336 e. The van der Waals surface area contributed by atoms with Crippen LogP contribution in [0, 0.1) is 0 Å². The Morgan fingerprint density at radius 2 is 2.00 bits per heavy atom. The summed E-state index contributed by atoms with van der Waals surface area (Å²) in [6, 6.07) is 0. The number of methoxy groups -OCH3 is 1. The molecule has 0 bridgehead atoms. The topological polar surface area (TPSA) is 72.8 Å². The Balaban J connectivity index is 2.88.